The van der Waals surface area contributed by atoms with E-state index in [2.05, 4.69) is 15.2 Å². The maximum atomic E-state index is 12.4. The average Bonchev–Trinajstić information content (AvgIpc) is 2.71. The number of rotatable bonds is 4. The molecule has 1 aromatic heterocycles. The minimum Gasteiger partial charge on any atom is -0.480 e. The third kappa shape index (κ3) is 3.86. The molecule has 0 bridgehead atoms. The van der Waals surface area contributed by atoms with Crippen LogP contribution in [-0.2, 0) is 9.59 Å². The molecular formula is C20H22N4O3. The predicted octanol–water partition coefficient (Wildman–Crippen LogP) is 2.44. The standard InChI is InChI=1S/C20H22N4O3/c25-18(13-24-19(26)14-27-17-5-4-10-21-20(17)24)22-15-6-8-16(9-7-15)23-11-2-1-3-12-23/h4-10H,1-3,11-14H2,(H,22,25). The number of hydrogen-bond acceptors (Lipinski definition) is 5. The number of carbonyl (C=O) groups excluding carboxylic acids is 2. The summed E-state index contributed by atoms with van der Waals surface area (Å²) in [5.74, 6) is 0.338. The predicted molar refractivity (Wildman–Crippen MR) is 103 cm³/mol. The van der Waals surface area contributed by atoms with Crippen LogP contribution in [0, 0.1) is 0 Å². The molecule has 0 atom stereocenters. The fraction of sp³-hybridized carbons (Fsp3) is 0.350. The molecule has 0 radical (unpaired) electrons. The number of hydrogen-bond donors (Lipinski definition) is 1. The van der Waals surface area contributed by atoms with Gasteiger partial charge in [-0.15, -0.1) is 0 Å². The number of pyridine rings is 1. The van der Waals surface area contributed by atoms with Gasteiger partial charge in [0.1, 0.15) is 6.54 Å². The molecule has 1 saturated heterocycles. The van der Waals surface area contributed by atoms with Crippen molar-refractivity contribution >= 4 is 29.0 Å². The van der Waals surface area contributed by atoms with Crippen LogP contribution in [-0.4, -0.2) is 43.0 Å². The van der Waals surface area contributed by atoms with Gasteiger partial charge in [-0.1, -0.05) is 0 Å². The molecule has 0 saturated carbocycles. The Balaban J connectivity index is 1.40. The number of amides is 2. The first-order chi connectivity index (χ1) is 13.2. The monoisotopic (exact) mass is 366 g/mol. The van der Waals surface area contributed by atoms with Gasteiger partial charge in [0.15, 0.2) is 18.2 Å². The number of ether oxygens (including phenoxy) is 1. The first kappa shape index (κ1) is 17.3. The van der Waals surface area contributed by atoms with Crippen molar-refractivity contribution in [1.82, 2.24) is 4.98 Å². The highest BCUT2D eigenvalue weighted by Gasteiger charge is 2.28. The van der Waals surface area contributed by atoms with E-state index in [1.165, 1.54) is 29.8 Å². The van der Waals surface area contributed by atoms with Gasteiger partial charge in [-0.2, -0.15) is 0 Å². The maximum absolute atomic E-state index is 12.4. The van der Waals surface area contributed by atoms with E-state index in [0.717, 1.165) is 13.1 Å². The Morgan fingerprint density at radius 3 is 2.67 bits per heavy atom. The highest BCUT2D eigenvalue weighted by Crippen LogP contribution is 2.29. The lowest BCUT2D eigenvalue weighted by Gasteiger charge is -2.29. The zero-order valence-corrected chi connectivity index (χ0v) is 15.1. The molecule has 27 heavy (non-hydrogen) atoms. The second-order valence-electron chi connectivity index (χ2n) is 6.74. The molecule has 1 aromatic carbocycles. The summed E-state index contributed by atoms with van der Waals surface area (Å²) in [5.41, 5.74) is 1.89. The summed E-state index contributed by atoms with van der Waals surface area (Å²) in [6.07, 6.45) is 5.32. The SMILES string of the molecule is O=C(CN1C(=O)COc2cccnc21)Nc1ccc(N2CCCCC2)cc1. The Bertz CT molecular complexity index is 831. The third-order valence-corrected chi connectivity index (χ3v) is 4.83. The van der Waals surface area contributed by atoms with Crippen molar-refractivity contribution in [1.29, 1.82) is 0 Å². The Hall–Kier alpha value is -3.09. The molecule has 0 aliphatic carbocycles. The second kappa shape index (κ2) is 7.65. The van der Waals surface area contributed by atoms with Crippen molar-refractivity contribution in [3.8, 4) is 5.75 Å². The second-order valence-corrected chi connectivity index (χ2v) is 6.74. The van der Waals surface area contributed by atoms with E-state index in [-0.39, 0.29) is 25.0 Å². The van der Waals surface area contributed by atoms with Crippen LogP contribution >= 0.6 is 0 Å². The normalized spacial score (nSPS) is 16.5. The topological polar surface area (TPSA) is 74.8 Å². The van der Waals surface area contributed by atoms with Crippen molar-refractivity contribution in [2.24, 2.45) is 0 Å². The Morgan fingerprint density at radius 1 is 1.11 bits per heavy atom. The van der Waals surface area contributed by atoms with Crippen LogP contribution in [0.4, 0.5) is 17.2 Å². The van der Waals surface area contributed by atoms with Gasteiger partial charge in [-0.25, -0.2) is 4.98 Å². The van der Waals surface area contributed by atoms with Crippen LogP contribution < -0.4 is 19.9 Å². The molecule has 3 heterocycles. The number of fused-ring (bicyclic) bond motifs is 1. The molecular weight excluding hydrogens is 344 g/mol. The van der Waals surface area contributed by atoms with Crippen LogP contribution in [0.25, 0.3) is 0 Å². The zero-order valence-electron chi connectivity index (χ0n) is 15.1. The molecule has 0 spiro atoms. The van der Waals surface area contributed by atoms with E-state index in [9.17, 15) is 9.59 Å². The molecule has 140 valence electrons. The van der Waals surface area contributed by atoms with Crippen molar-refractivity contribution in [3.05, 3.63) is 42.6 Å². The summed E-state index contributed by atoms with van der Waals surface area (Å²) in [5, 5.41) is 2.85. The molecule has 2 amide bonds. The van der Waals surface area contributed by atoms with E-state index in [0.29, 0.717) is 17.3 Å². The van der Waals surface area contributed by atoms with Gasteiger partial charge < -0.3 is 15.0 Å². The lowest BCUT2D eigenvalue weighted by molar-refractivity contribution is -0.123. The molecule has 2 aromatic rings. The fourth-order valence-electron chi connectivity index (χ4n) is 3.45. The van der Waals surface area contributed by atoms with E-state index in [1.54, 1.807) is 18.3 Å². The third-order valence-electron chi connectivity index (χ3n) is 4.83. The molecule has 4 rings (SSSR count). The van der Waals surface area contributed by atoms with Crippen LogP contribution in [0.15, 0.2) is 42.6 Å². The Kier molecular flexibility index (Phi) is 4.91. The Labute approximate surface area is 157 Å². The zero-order chi connectivity index (χ0) is 18.6. The summed E-state index contributed by atoms with van der Waals surface area (Å²) < 4.78 is 5.35. The minimum atomic E-state index is -0.281. The molecule has 1 N–H and O–H groups in total. The summed E-state index contributed by atoms with van der Waals surface area (Å²) in [6.45, 7) is 1.98. The van der Waals surface area contributed by atoms with Gasteiger partial charge in [-0.3, -0.25) is 14.5 Å². The molecule has 2 aliphatic rings. The van der Waals surface area contributed by atoms with Gasteiger partial charge in [0, 0.05) is 30.7 Å². The number of anilines is 3. The number of piperidine rings is 1. The van der Waals surface area contributed by atoms with Crippen LogP contribution in [0.1, 0.15) is 19.3 Å². The lowest BCUT2D eigenvalue weighted by atomic mass is 10.1. The van der Waals surface area contributed by atoms with Crippen molar-refractivity contribution in [2.45, 2.75) is 19.3 Å². The van der Waals surface area contributed by atoms with E-state index in [1.807, 2.05) is 24.3 Å². The number of nitrogens with zero attached hydrogens (tertiary/aromatic N) is 3. The van der Waals surface area contributed by atoms with Crippen molar-refractivity contribution in [3.63, 3.8) is 0 Å². The van der Waals surface area contributed by atoms with Crippen LogP contribution in [0.2, 0.25) is 0 Å². The van der Waals surface area contributed by atoms with Gasteiger partial charge in [0.25, 0.3) is 5.91 Å². The van der Waals surface area contributed by atoms with E-state index < -0.39 is 0 Å². The Morgan fingerprint density at radius 2 is 1.89 bits per heavy atom. The maximum Gasteiger partial charge on any atom is 0.266 e. The molecule has 7 heteroatoms. The number of aromatic nitrogens is 1. The summed E-state index contributed by atoms with van der Waals surface area (Å²) >= 11 is 0. The van der Waals surface area contributed by atoms with Crippen LogP contribution in [0.5, 0.6) is 5.75 Å². The van der Waals surface area contributed by atoms with Crippen molar-refractivity contribution < 1.29 is 14.3 Å². The van der Waals surface area contributed by atoms with Gasteiger partial charge >= 0.3 is 0 Å². The number of benzene rings is 1. The van der Waals surface area contributed by atoms with E-state index in [4.69, 9.17) is 4.74 Å². The van der Waals surface area contributed by atoms with Gasteiger partial charge in [0.2, 0.25) is 5.91 Å². The summed E-state index contributed by atoms with van der Waals surface area (Å²) in [4.78, 5) is 32.5. The van der Waals surface area contributed by atoms with Gasteiger partial charge in [0.05, 0.1) is 0 Å². The lowest BCUT2D eigenvalue weighted by Crippen LogP contribution is -2.43. The summed E-state index contributed by atoms with van der Waals surface area (Å²) in [7, 11) is 0. The van der Waals surface area contributed by atoms with Gasteiger partial charge in [-0.05, 0) is 55.7 Å². The number of nitrogens with one attached hydrogen (secondary N) is 1. The smallest absolute Gasteiger partial charge is 0.266 e. The van der Waals surface area contributed by atoms with Crippen LogP contribution in [0.3, 0.4) is 0 Å². The molecule has 1 fully saturated rings. The van der Waals surface area contributed by atoms with Crippen molar-refractivity contribution in [2.75, 3.05) is 41.4 Å². The molecule has 0 unspecified atom stereocenters. The minimum absolute atomic E-state index is 0.0868. The summed E-state index contributed by atoms with van der Waals surface area (Å²) in [6, 6.07) is 11.3. The van der Waals surface area contributed by atoms with E-state index >= 15 is 0 Å². The largest absolute Gasteiger partial charge is 0.480 e. The highest BCUT2D eigenvalue weighted by atomic mass is 16.5. The highest BCUT2D eigenvalue weighted by molar-refractivity contribution is 6.04. The fourth-order valence-corrected chi connectivity index (χ4v) is 3.45. The first-order valence-electron chi connectivity index (χ1n) is 9.24. The molecule has 2 aliphatic heterocycles. The number of carbonyl (C=O) groups is 2. The first-order valence-corrected chi connectivity index (χ1v) is 9.24. The molecule has 7 nitrogen and oxygen atoms in total. The average molecular weight is 366 g/mol. The quantitative estimate of drug-likeness (QED) is 0.900.